The minimum atomic E-state index is -0.331. The number of aromatic amines is 1. The highest BCUT2D eigenvalue weighted by molar-refractivity contribution is 5.45. The molecule has 2 heterocycles. The zero-order valence-corrected chi connectivity index (χ0v) is 11.6. The van der Waals surface area contributed by atoms with Crippen LogP contribution in [-0.4, -0.2) is 31.9 Å². The van der Waals surface area contributed by atoms with Crippen molar-refractivity contribution in [1.29, 1.82) is 0 Å². The number of nitrogens with one attached hydrogen (secondary N) is 2. The average Bonchev–Trinajstić information content (AvgIpc) is 2.83. The molecular weight excluding hydrogens is 256 g/mol. The molecule has 3 rings (SSSR count). The van der Waals surface area contributed by atoms with Crippen molar-refractivity contribution in [2.75, 3.05) is 11.9 Å². The van der Waals surface area contributed by atoms with Crippen molar-refractivity contribution >= 4 is 11.5 Å². The summed E-state index contributed by atoms with van der Waals surface area (Å²) >= 11 is 0. The molecule has 1 fully saturated rings. The quantitative estimate of drug-likeness (QED) is 0.767. The summed E-state index contributed by atoms with van der Waals surface area (Å²) in [6.07, 6.45) is 4.61. The molecule has 0 aliphatic heterocycles. The van der Waals surface area contributed by atoms with Crippen LogP contribution >= 0.6 is 0 Å². The third-order valence-electron chi connectivity index (χ3n) is 4.47. The summed E-state index contributed by atoms with van der Waals surface area (Å²) < 4.78 is 1.26. The van der Waals surface area contributed by atoms with Crippen LogP contribution in [0.15, 0.2) is 16.9 Å². The van der Waals surface area contributed by atoms with Crippen LogP contribution in [0.25, 0.3) is 5.65 Å². The van der Waals surface area contributed by atoms with E-state index in [1.54, 1.807) is 6.07 Å². The van der Waals surface area contributed by atoms with Crippen LogP contribution in [0.5, 0.6) is 0 Å². The molecule has 1 aliphatic rings. The monoisotopic (exact) mass is 276 g/mol. The molecule has 4 N–H and O–H groups in total. The van der Waals surface area contributed by atoms with Gasteiger partial charge in [-0.1, -0.05) is 19.8 Å². The molecular formula is C13H20N6O. The van der Waals surface area contributed by atoms with Gasteiger partial charge in [-0.2, -0.15) is 9.61 Å². The molecule has 0 saturated heterocycles. The number of rotatable bonds is 3. The lowest BCUT2D eigenvalue weighted by Crippen LogP contribution is -2.52. The molecule has 2 aromatic rings. The van der Waals surface area contributed by atoms with Crippen LogP contribution in [-0.2, 0) is 0 Å². The van der Waals surface area contributed by atoms with Crippen LogP contribution in [0.4, 0.5) is 5.82 Å². The van der Waals surface area contributed by atoms with Crippen molar-refractivity contribution in [3.8, 4) is 0 Å². The Hall–Kier alpha value is -1.89. The average molecular weight is 276 g/mol. The fraction of sp³-hybridized carbons (Fsp3) is 0.615. The number of nitrogens with two attached hydrogens (primary N) is 1. The SMILES string of the molecule is CC1CCCCC1(CN)Nc1ccc2n[nH]c(=O)n2n1. The number of H-pyrrole nitrogens is 1. The summed E-state index contributed by atoms with van der Waals surface area (Å²) in [5, 5.41) is 14.0. The Kier molecular flexibility index (Phi) is 3.21. The topological polar surface area (TPSA) is 101 Å². The van der Waals surface area contributed by atoms with Crippen molar-refractivity contribution < 1.29 is 0 Å². The molecule has 2 atom stereocenters. The Balaban J connectivity index is 1.94. The molecule has 2 unspecified atom stereocenters. The van der Waals surface area contributed by atoms with Gasteiger partial charge in [-0.15, -0.1) is 5.10 Å². The second-order valence-electron chi connectivity index (χ2n) is 5.65. The van der Waals surface area contributed by atoms with E-state index in [2.05, 4.69) is 27.5 Å². The predicted octanol–water partition coefficient (Wildman–Crippen LogP) is 0.737. The van der Waals surface area contributed by atoms with E-state index in [0.717, 1.165) is 12.8 Å². The van der Waals surface area contributed by atoms with Gasteiger partial charge in [0.2, 0.25) is 0 Å². The van der Waals surface area contributed by atoms with Gasteiger partial charge in [0, 0.05) is 6.54 Å². The second kappa shape index (κ2) is 4.90. The van der Waals surface area contributed by atoms with E-state index in [9.17, 15) is 4.79 Å². The summed E-state index contributed by atoms with van der Waals surface area (Å²) in [7, 11) is 0. The standard InChI is InChI=1S/C13H20N6O/c1-9-4-2-3-7-13(9,8-14)15-10-5-6-11-16-17-12(20)19(11)18-10/h5-6,9H,2-4,7-8,14H2,1H3,(H,15,18)(H,17,20). The van der Waals surface area contributed by atoms with Gasteiger partial charge in [-0.05, 0) is 30.9 Å². The lowest BCUT2D eigenvalue weighted by Gasteiger charge is -2.43. The maximum Gasteiger partial charge on any atom is 0.364 e. The van der Waals surface area contributed by atoms with Crippen molar-refractivity contribution in [2.45, 2.75) is 38.1 Å². The van der Waals surface area contributed by atoms with Crippen molar-refractivity contribution in [1.82, 2.24) is 19.8 Å². The summed E-state index contributed by atoms with van der Waals surface area (Å²) in [4.78, 5) is 11.6. The highest BCUT2D eigenvalue weighted by atomic mass is 16.2. The smallest absolute Gasteiger partial charge is 0.362 e. The summed E-state index contributed by atoms with van der Waals surface area (Å²) in [6, 6.07) is 3.61. The first kappa shape index (κ1) is 13.1. The molecule has 0 bridgehead atoms. The van der Waals surface area contributed by atoms with Gasteiger partial charge in [0.1, 0.15) is 5.82 Å². The Morgan fingerprint density at radius 3 is 3.15 bits per heavy atom. The Bertz CT molecular complexity index is 662. The highest BCUT2D eigenvalue weighted by Gasteiger charge is 2.37. The van der Waals surface area contributed by atoms with Gasteiger partial charge in [-0.3, -0.25) is 0 Å². The fourth-order valence-corrected chi connectivity index (χ4v) is 3.08. The van der Waals surface area contributed by atoms with Gasteiger partial charge in [-0.25, -0.2) is 9.89 Å². The van der Waals surface area contributed by atoms with Crippen LogP contribution < -0.4 is 16.7 Å². The molecule has 2 aromatic heterocycles. The molecule has 0 radical (unpaired) electrons. The van der Waals surface area contributed by atoms with Crippen molar-refractivity contribution in [2.24, 2.45) is 11.7 Å². The van der Waals surface area contributed by atoms with Gasteiger partial charge in [0.25, 0.3) is 0 Å². The van der Waals surface area contributed by atoms with Gasteiger partial charge in [0.05, 0.1) is 5.54 Å². The Morgan fingerprint density at radius 1 is 1.55 bits per heavy atom. The Morgan fingerprint density at radius 2 is 2.40 bits per heavy atom. The zero-order valence-electron chi connectivity index (χ0n) is 11.6. The van der Waals surface area contributed by atoms with Gasteiger partial charge in [0.15, 0.2) is 5.65 Å². The largest absolute Gasteiger partial charge is 0.364 e. The summed E-state index contributed by atoms with van der Waals surface area (Å²) in [6.45, 7) is 2.79. The molecule has 0 amide bonds. The van der Waals surface area contributed by atoms with E-state index in [0.29, 0.717) is 23.9 Å². The first-order valence-corrected chi connectivity index (χ1v) is 7.07. The third-order valence-corrected chi connectivity index (χ3v) is 4.47. The minimum Gasteiger partial charge on any atom is -0.362 e. The first-order valence-electron chi connectivity index (χ1n) is 7.07. The third kappa shape index (κ3) is 2.07. The number of nitrogens with zero attached hydrogens (tertiary/aromatic N) is 3. The second-order valence-corrected chi connectivity index (χ2v) is 5.65. The fourth-order valence-electron chi connectivity index (χ4n) is 3.08. The number of hydrogen-bond donors (Lipinski definition) is 3. The Labute approximate surface area is 116 Å². The maximum atomic E-state index is 11.6. The van der Waals surface area contributed by atoms with Crippen LogP contribution in [0.2, 0.25) is 0 Å². The van der Waals surface area contributed by atoms with E-state index in [1.165, 1.54) is 17.4 Å². The lowest BCUT2D eigenvalue weighted by molar-refractivity contribution is 0.235. The van der Waals surface area contributed by atoms with E-state index in [1.807, 2.05) is 6.07 Å². The van der Waals surface area contributed by atoms with Gasteiger partial charge < -0.3 is 11.1 Å². The molecule has 0 aromatic carbocycles. The summed E-state index contributed by atoms with van der Waals surface area (Å²) in [5.41, 5.74) is 6.07. The van der Waals surface area contributed by atoms with Crippen LogP contribution in [0, 0.1) is 5.92 Å². The van der Waals surface area contributed by atoms with E-state index < -0.39 is 0 Å². The van der Waals surface area contributed by atoms with Crippen LogP contribution in [0.3, 0.4) is 0 Å². The van der Waals surface area contributed by atoms with Crippen molar-refractivity contribution in [3.05, 3.63) is 22.6 Å². The number of anilines is 1. The van der Waals surface area contributed by atoms with Crippen LogP contribution in [0.1, 0.15) is 32.6 Å². The predicted molar refractivity (Wildman–Crippen MR) is 76.6 cm³/mol. The normalized spacial score (nSPS) is 26.8. The number of hydrogen-bond acceptors (Lipinski definition) is 5. The van der Waals surface area contributed by atoms with E-state index in [4.69, 9.17) is 5.73 Å². The molecule has 108 valence electrons. The molecule has 1 aliphatic carbocycles. The first-order chi connectivity index (χ1) is 9.64. The molecule has 7 nitrogen and oxygen atoms in total. The van der Waals surface area contributed by atoms with Gasteiger partial charge >= 0.3 is 5.69 Å². The lowest BCUT2D eigenvalue weighted by atomic mass is 9.73. The summed E-state index contributed by atoms with van der Waals surface area (Å²) in [5.74, 6) is 1.15. The molecule has 0 spiro atoms. The van der Waals surface area contributed by atoms with Crippen molar-refractivity contribution in [3.63, 3.8) is 0 Å². The highest BCUT2D eigenvalue weighted by Crippen LogP contribution is 2.35. The molecule has 20 heavy (non-hydrogen) atoms. The molecule has 1 saturated carbocycles. The number of fused-ring (bicyclic) bond motifs is 1. The zero-order chi connectivity index (χ0) is 14.2. The number of aromatic nitrogens is 4. The van der Waals surface area contributed by atoms with E-state index in [-0.39, 0.29) is 11.2 Å². The van der Waals surface area contributed by atoms with E-state index >= 15 is 0 Å². The maximum absolute atomic E-state index is 11.6. The molecule has 7 heteroatoms. The minimum absolute atomic E-state index is 0.133.